The Bertz CT molecular complexity index is 1100. The Morgan fingerprint density at radius 3 is 2.63 bits per heavy atom. The molecule has 2 heterocycles. The third-order valence-corrected chi connectivity index (χ3v) is 6.46. The first-order valence-electron chi connectivity index (χ1n) is 9.93. The number of amides is 2. The fourth-order valence-electron chi connectivity index (χ4n) is 3.67. The quantitative estimate of drug-likeness (QED) is 0.603. The first-order chi connectivity index (χ1) is 14.4. The number of nitrogens with one attached hydrogen (secondary N) is 2. The molecule has 0 bridgehead atoms. The van der Waals surface area contributed by atoms with E-state index in [-0.39, 0.29) is 17.9 Å². The van der Waals surface area contributed by atoms with Gasteiger partial charge in [-0.25, -0.2) is 0 Å². The summed E-state index contributed by atoms with van der Waals surface area (Å²) in [4.78, 5) is 26.2. The van der Waals surface area contributed by atoms with Crippen LogP contribution in [0.2, 0.25) is 0 Å². The van der Waals surface area contributed by atoms with Gasteiger partial charge in [0.25, 0.3) is 5.91 Å². The number of rotatable bonds is 5. The van der Waals surface area contributed by atoms with Crippen LogP contribution in [0.15, 0.2) is 48.5 Å². The van der Waals surface area contributed by atoms with E-state index in [9.17, 15) is 9.59 Å². The van der Waals surface area contributed by atoms with E-state index in [1.807, 2.05) is 56.3 Å². The molecule has 1 aliphatic heterocycles. The zero-order valence-electron chi connectivity index (χ0n) is 17.2. The SMILES string of the molecule is COc1ccc(-c2cc(C(=O)NC(C)c3ccc4c(c3)CCC(=O)N4)sc2C)cc1. The summed E-state index contributed by atoms with van der Waals surface area (Å²) in [6, 6.07) is 15.6. The Morgan fingerprint density at radius 2 is 1.90 bits per heavy atom. The second-order valence-corrected chi connectivity index (χ2v) is 8.73. The minimum atomic E-state index is -0.132. The number of fused-ring (bicyclic) bond motifs is 1. The van der Waals surface area contributed by atoms with E-state index in [0.29, 0.717) is 11.3 Å². The van der Waals surface area contributed by atoms with Crippen molar-refractivity contribution in [2.75, 3.05) is 12.4 Å². The molecule has 0 saturated carbocycles. The lowest BCUT2D eigenvalue weighted by Gasteiger charge is -2.20. The van der Waals surface area contributed by atoms with Crippen LogP contribution in [0.4, 0.5) is 5.69 Å². The molecular weight excluding hydrogens is 396 g/mol. The first kappa shape index (κ1) is 20.2. The Balaban J connectivity index is 1.49. The van der Waals surface area contributed by atoms with E-state index >= 15 is 0 Å². The van der Waals surface area contributed by atoms with E-state index in [1.54, 1.807) is 7.11 Å². The molecule has 0 aliphatic carbocycles. The lowest BCUT2D eigenvalue weighted by atomic mass is 9.98. The maximum Gasteiger partial charge on any atom is 0.261 e. The molecule has 0 radical (unpaired) electrons. The standard InChI is InChI=1S/C24H24N2O3S/c1-14(17-6-10-21-18(12-17)7-11-23(27)26-21)25-24(28)22-13-20(15(2)30-22)16-4-8-19(29-3)9-5-16/h4-6,8-10,12-14H,7,11H2,1-3H3,(H,25,28)(H,26,27). The van der Waals surface area contributed by atoms with Crippen molar-refractivity contribution in [3.05, 3.63) is 69.4 Å². The van der Waals surface area contributed by atoms with Crippen LogP contribution in [0.5, 0.6) is 5.75 Å². The Labute approximate surface area is 180 Å². The molecule has 30 heavy (non-hydrogen) atoms. The van der Waals surface area contributed by atoms with Gasteiger partial charge in [0.2, 0.25) is 5.91 Å². The Kier molecular flexibility index (Phi) is 5.59. The second-order valence-electron chi connectivity index (χ2n) is 7.47. The highest BCUT2D eigenvalue weighted by atomic mass is 32.1. The summed E-state index contributed by atoms with van der Waals surface area (Å²) in [7, 11) is 1.65. The maximum atomic E-state index is 12.9. The number of ether oxygens (including phenoxy) is 1. The predicted octanol–water partition coefficient (Wildman–Crippen LogP) is 5.11. The van der Waals surface area contributed by atoms with Gasteiger partial charge in [-0.2, -0.15) is 0 Å². The normalized spacial score (nSPS) is 13.9. The van der Waals surface area contributed by atoms with E-state index in [4.69, 9.17) is 4.74 Å². The summed E-state index contributed by atoms with van der Waals surface area (Å²) in [6.07, 6.45) is 1.23. The Morgan fingerprint density at radius 1 is 1.13 bits per heavy atom. The van der Waals surface area contributed by atoms with Gasteiger partial charge in [0.15, 0.2) is 0 Å². The summed E-state index contributed by atoms with van der Waals surface area (Å²) in [5.74, 6) is 0.779. The molecule has 2 amide bonds. The number of aryl methyl sites for hydroxylation is 2. The highest BCUT2D eigenvalue weighted by molar-refractivity contribution is 7.14. The number of methoxy groups -OCH3 is 1. The van der Waals surface area contributed by atoms with Crippen molar-refractivity contribution in [1.82, 2.24) is 5.32 Å². The van der Waals surface area contributed by atoms with Crippen molar-refractivity contribution in [1.29, 1.82) is 0 Å². The smallest absolute Gasteiger partial charge is 0.261 e. The number of thiophene rings is 1. The van der Waals surface area contributed by atoms with Crippen LogP contribution in [0.25, 0.3) is 11.1 Å². The van der Waals surface area contributed by atoms with E-state index in [2.05, 4.69) is 16.7 Å². The molecule has 1 unspecified atom stereocenters. The molecule has 1 aromatic heterocycles. The van der Waals surface area contributed by atoms with Crippen LogP contribution in [0, 0.1) is 6.92 Å². The van der Waals surface area contributed by atoms with Gasteiger partial charge in [0, 0.05) is 17.0 Å². The molecule has 0 spiro atoms. The van der Waals surface area contributed by atoms with Gasteiger partial charge in [0.05, 0.1) is 18.0 Å². The zero-order chi connectivity index (χ0) is 21.3. The van der Waals surface area contributed by atoms with E-state index in [1.165, 1.54) is 11.3 Å². The second kappa shape index (κ2) is 8.32. The fourth-order valence-corrected chi connectivity index (χ4v) is 4.62. The van der Waals surface area contributed by atoms with Crippen LogP contribution < -0.4 is 15.4 Å². The highest BCUT2D eigenvalue weighted by Gasteiger charge is 2.19. The number of hydrogen-bond donors (Lipinski definition) is 2. The van der Waals surface area contributed by atoms with Crippen molar-refractivity contribution in [2.45, 2.75) is 32.7 Å². The molecule has 6 heteroatoms. The largest absolute Gasteiger partial charge is 0.497 e. The maximum absolute atomic E-state index is 12.9. The Hall–Kier alpha value is -3.12. The fraction of sp³-hybridized carbons (Fsp3) is 0.250. The summed E-state index contributed by atoms with van der Waals surface area (Å²) in [5.41, 5.74) is 5.13. The number of anilines is 1. The molecule has 5 nitrogen and oxygen atoms in total. The van der Waals surface area contributed by atoms with Gasteiger partial charge < -0.3 is 15.4 Å². The predicted molar refractivity (Wildman–Crippen MR) is 120 cm³/mol. The molecule has 3 aromatic rings. The average Bonchev–Trinajstić information content (AvgIpc) is 3.15. The van der Waals surface area contributed by atoms with E-state index in [0.717, 1.165) is 45.0 Å². The molecule has 2 aromatic carbocycles. The molecular formula is C24H24N2O3S. The van der Waals surface area contributed by atoms with Crippen LogP contribution in [0.3, 0.4) is 0 Å². The van der Waals surface area contributed by atoms with Gasteiger partial charge in [-0.1, -0.05) is 24.3 Å². The number of hydrogen-bond acceptors (Lipinski definition) is 4. The van der Waals surface area contributed by atoms with Crippen LogP contribution in [0.1, 0.15) is 45.1 Å². The first-order valence-corrected chi connectivity index (χ1v) is 10.7. The van der Waals surface area contributed by atoms with Crippen molar-refractivity contribution in [3.8, 4) is 16.9 Å². The summed E-state index contributed by atoms with van der Waals surface area (Å²) >= 11 is 1.50. The molecule has 154 valence electrons. The molecule has 2 N–H and O–H groups in total. The topological polar surface area (TPSA) is 67.4 Å². The zero-order valence-corrected chi connectivity index (χ0v) is 18.1. The van der Waals surface area contributed by atoms with Crippen molar-refractivity contribution in [2.24, 2.45) is 0 Å². The van der Waals surface area contributed by atoms with Crippen LogP contribution >= 0.6 is 11.3 Å². The average molecular weight is 421 g/mol. The summed E-state index contributed by atoms with van der Waals surface area (Å²) < 4.78 is 5.22. The third kappa shape index (κ3) is 4.09. The van der Waals surface area contributed by atoms with Crippen LogP contribution in [-0.4, -0.2) is 18.9 Å². The number of benzene rings is 2. The summed E-state index contributed by atoms with van der Waals surface area (Å²) in [6.45, 7) is 4.01. The lowest BCUT2D eigenvalue weighted by Crippen LogP contribution is -2.26. The van der Waals surface area contributed by atoms with Gasteiger partial charge in [-0.15, -0.1) is 11.3 Å². The number of carbonyl (C=O) groups excluding carboxylic acids is 2. The summed E-state index contributed by atoms with van der Waals surface area (Å²) in [5, 5.41) is 5.99. The highest BCUT2D eigenvalue weighted by Crippen LogP contribution is 2.32. The van der Waals surface area contributed by atoms with Gasteiger partial charge in [-0.05, 0) is 66.8 Å². The number of carbonyl (C=O) groups is 2. The molecule has 1 aliphatic rings. The van der Waals surface area contributed by atoms with Gasteiger partial charge >= 0.3 is 0 Å². The molecule has 4 rings (SSSR count). The van der Waals surface area contributed by atoms with Crippen molar-refractivity contribution in [3.63, 3.8) is 0 Å². The van der Waals surface area contributed by atoms with Gasteiger partial charge in [-0.3, -0.25) is 9.59 Å². The molecule has 1 atom stereocenters. The minimum Gasteiger partial charge on any atom is -0.497 e. The van der Waals surface area contributed by atoms with Crippen molar-refractivity contribution < 1.29 is 14.3 Å². The van der Waals surface area contributed by atoms with Crippen LogP contribution in [-0.2, 0) is 11.2 Å². The third-order valence-electron chi connectivity index (χ3n) is 5.41. The molecule has 0 saturated heterocycles. The molecule has 0 fully saturated rings. The van der Waals surface area contributed by atoms with E-state index < -0.39 is 0 Å². The van der Waals surface area contributed by atoms with Gasteiger partial charge in [0.1, 0.15) is 5.75 Å². The monoisotopic (exact) mass is 420 g/mol. The lowest BCUT2D eigenvalue weighted by molar-refractivity contribution is -0.116. The van der Waals surface area contributed by atoms with Crippen molar-refractivity contribution >= 4 is 28.8 Å². The minimum absolute atomic E-state index is 0.0531.